The average Bonchev–Trinajstić information content (AvgIpc) is 2.39. The Morgan fingerprint density at radius 3 is 2.26 bits per heavy atom. The molecule has 0 aromatic heterocycles. The summed E-state index contributed by atoms with van der Waals surface area (Å²) in [7, 11) is 0. The van der Waals surface area contributed by atoms with Gasteiger partial charge in [0, 0.05) is 29.4 Å². The van der Waals surface area contributed by atoms with Crippen LogP contribution in [0.15, 0.2) is 18.2 Å². The lowest BCUT2D eigenvalue weighted by Crippen LogP contribution is -2.38. The number of hydrogen-bond acceptors (Lipinski definition) is 4. The molecule has 6 N–H and O–H groups in total. The van der Waals surface area contributed by atoms with Crippen molar-refractivity contribution >= 4 is 17.5 Å². The molecule has 6 heteroatoms. The quantitative estimate of drug-likeness (QED) is 0.614. The van der Waals surface area contributed by atoms with Crippen LogP contribution in [0.25, 0.3) is 0 Å². The Balaban J connectivity index is 2.22. The van der Waals surface area contributed by atoms with E-state index in [1.54, 1.807) is 12.1 Å². The molecule has 0 aliphatic carbocycles. The summed E-state index contributed by atoms with van der Waals surface area (Å²) in [6.07, 6.45) is 2.13. The number of rotatable bonds is 4. The molecule has 0 radical (unpaired) electrons. The molecule has 0 bridgehead atoms. The second kappa shape index (κ2) is 5.71. The molecule has 1 unspecified atom stereocenters. The SMILES string of the molecule is NC(=O)c1cc(NC2CCCNC2)cc(C(N)=O)c1. The molecule has 2 rings (SSSR count). The van der Waals surface area contributed by atoms with E-state index in [0.717, 1.165) is 25.9 Å². The van der Waals surface area contributed by atoms with Gasteiger partial charge in [-0.15, -0.1) is 0 Å². The normalized spacial score (nSPS) is 18.8. The molecule has 2 amide bonds. The van der Waals surface area contributed by atoms with Gasteiger partial charge in [-0.3, -0.25) is 9.59 Å². The van der Waals surface area contributed by atoms with Crippen LogP contribution in [0.4, 0.5) is 5.69 Å². The van der Waals surface area contributed by atoms with Crippen molar-refractivity contribution in [3.8, 4) is 0 Å². The van der Waals surface area contributed by atoms with Crippen molar-refractivity contribution in [2.24, 2.45) is 11.5 Å². The zero-order chi connectivity index (χ0) is 13.8. The average molecular weight is 262 g/mol. The smallest absolute Gasteiger partial charge is 0.248 e. The van der Waals surface area contributed by atoms with E-state index in [9.17, 15) is 9.59 Å². The Hall–Kier alpha value is -2.08. The lowest BCUT2D eigenvalue weighted by molar-refractivity contribution is 0.0999. The molecular formula is C13H18N4O2. The van der Waals surface area contributed by atoms with E-state index in [-0.39, 0.29) is 17.2 Å². The van der Waals surface area contributed by atoms with Crippen LogP contribution < -0.4 is 22.1 Å². The van der Waals surface area contributed by atoms with Gasteiger partial charge in [-0.25, -0.2) is 0 Å². The largest absolute Gasteiger partial charge is 0.381 e. The molecule has 6 nitrogen and oxygen atoms in total. The van der Waals surface area contributed by atoms with E-state index in [0.29, 0.717) is 5.69 Å². The predicted molar refractivity (Wildman–Crippen MR) is 73.0 cm³/mol. The number of carbonyl (C=O) groups excluding carboxylic acids is 2. The highest BCUT2D eigenvalue weighted by Crippen LogP contribution is 2.17. The minimum Gasteiger partial charge on any atom is -0.381 e. The highest BCUT2D eigenvalue weighted by atomic mass is 16.1. The van der Waals surface area contributed by atoms with Crippen molar-refractivity contribution in [2.45, 2.75) is 18.9 Å². The second-order valence-electron chi connectivity index (χ2n) is 4.72. The summed E-state index contributed by atoms with van der Waals surface area (Å²) in [6.45, 7) is 1.87. The summed E-state index contributed by atoms with van der Waals surface area (Å²) in [5.74, 6) is -1.15. The van der Waals surface area contributed by atoms with Gasteiger partial charge in [-0.1, -0.05) is 0 Å². The van der Waals surface area contributed by atoms with Crippen LogP contribution in [0, 0.1) is 0 Å². The van der Waals surface area contributed by atoms with Crippen molar-refractivity contribution in [2.75, 3.05) is 18.4 Å². The topological polar surface area (TPSA) is 110 Å². The highest BCUT2D eigenvalue weighted by Gasteiger charge is 2.14. The summed E-state index contributed by atoms with van der Waals surface area (Å²) in [4.78, 5) is 22.5. The lowest BCUT2D eigenvalue weighted by atomic mass is 10.0. The van der Waals surface area contributed by atoms with E-state index in [2.05, 4.69) is 10.6 Å². The van der Waals surface area contributed by atoms with Gasteiger partial charge in [0.15, 0.2) is 0 Å². The fourth-order valence-corrected chi connectivity index (χ4v) is 2.21. The van der Waals surface area contributed by atoms with Gasteiger partial charge >= 0.3 is 0 Å². The third-order valence-corrected chi connectivity index (χ3v) is 3.17. The van der Waals surface area contributed by atoms with Gasteiger partial charge in [-0.2, -0.15) is 0 Å². The van der Waals surface area contributed by atoms with Gasteiger partial charge < -0.3 is 22.1 Å². The molecule has 102 valence electrons. The van der Waals surface area contributed by atoms with Crippen LogP contribution in [-0.2, 0) is 0 Å². The number of benzene rings is 1. The first-order valence-corrected chi connectivity index (χ1v) is 6.28. The highest BCUT2D eigenvalue weighted by molar-refractivity contribution is 5.99. The molecule has 1 heterocycles. The van der Waals surface area contributed by atoms with E-state index in [1.807, 2.05) is 0 Å². The van der Waals surface area contributed by atoms with Gasteiger partial charge in [0.25, 0.3) is 0 Å². The van der Waals surface area contributed by atoms with Crippen LogP contribution in [0.3, 0.4) is 0 Å². The third kappa shape index (κ3) is 3.45. The van der Waals surface area contributed by atoms with Crippen LogP contribution >= 0.6 is 0 Å². The summed E-state index contributed by atoms with van der Waals surface area (Å²) < 4.78 is 0. The number of piperidine rings is 1. The zero-order valence-corrected chi connectivity index (χ0v) is 10.6. The van der Waals surface area contributed by atoms with E-state index in [4.69, 9.17) is 11.5 Å². The maximum Gasteiger partial charge on any atom is 0.248 e. The fraction of sp³-hybridized carbons (Fsp3) is 0.385. The first kappa shape index (κ1) is 13.4. The van der Waals surface area contributed by atoms with Gasteiger partial charge in [0.05, 0.1) is 0 Å². The number of hydrogen-bond donors (Lipinski definition) is 4. The molecule has 1 fully saturated rings. The summed E-state index contributed by atoms with van der Waals surface area (Å²) in [5.41, 5.74) is 11.8. The van der Waals surface area contributed by atoms with Crippen molar-refractivity contribution in [1.82, 2.24) is 5.32 Å². The number of carbonyl (C=O) groups is 2. The molecular weight excluding hydrogens is 244 g/mol. The Kier molecular flexibility index (Phi) is 4.01. The second-order valence-corrected chi connectivity index (χ2v) is 4.72. The van der Waals surface area contributed by atoms with Gasteiger partial charge in [0.2, 0.25) is 11.8 Å². The molecule has 1 aliphatic rings. The molecule has 1 aromatic carbocycles. The third-order valence-electron chi connectivity index (χ3n) is 3.17. The van der Waals surface area contributed by atoms with Crippen LogP contribution in [-0.4, -0.2) is 30.9 Å². The number of amides is 2. The Bertz CT molecular complexity index is 463. The van der Waals surface area contributed by atoms with Crippen molar-refractivity contribution in [3.63, 3.8) is 0 Å². The van der Waals surface area contributed by atoms with Crippen molar-refractivity contribution < 1.29 is 9.59 Å². The lowest BCUT2D eigenvalue weighted by Gasteiger charge is -2.25. The molecule has 1 atom stereocenters. The van der Waals surface area contributed by atoms with Crippen molar-refractivity contribution in [1.29, 1.82) is 0 Å². The standard InChI is InChI=1S/C13H18N4O2/c14-12(18)8-4-9(13(15)19)6-11(5-8)17-10-2-1-3-16-7-10/h4-6,10,16-17H,1-3,7H2,(H2,14,18)(H2,15,19). The predicted octanol–water partition coefficient (Wildman–Crippen LogP) is 0.0483. The summed E-state index contributed by atoms with van der Waals surface area (Å²) in [6, 6.07) is 4.97. The minimum absolute atomic E-state index is 0.276. The Labute approximate surface area is 111 Å². The molecule has 1 aliphatic heterocycles. The van der Waals surface area contributed by atoms with E-state index >= 15 is 0 Å². The molecule has 0 spiro atoms. The van der Waals surface area contributed by atoms with Crippen LogP contribution in [0.2, 0.25) is 0 Å². The number of anilines is 1. The van der Waals surface area contributed by atoms with E-state index < -0.39 is 11.8 Å². The Morgan fingerprint density at radius 1 is 1.16 bits per heavy atom. The maximum absolute atomic E-state index is 11.3. The fourth-order valence-electron chi connectivity index (χ4n) is 2.21. The number of nitrogens with two attached hydrogens (primary N) is 2. The first-order valence-electron chi connectivity index (χ1n) is 6.28. The molecule has 19 heavy (non-hydrogen) atoms. The zero-order valence-electron chi connectivity index (χ0n) is 10.6. The number of nitrogens with one attached hydrogen (secondary N) is 2. The van der Waals surface area contributed by atoms with Crippen molar-refractivity contribution in [3.05, 3.63) is 29.3 Å². The van der Waals surface area contributed by atoms with Crippen LogP contribution in [0.5, 0.6) is 0 Å². The minimum atomic E-state index is -0.576. The van der Waals surface area contributed by atoms with Gasteiger partial charge in [-0.05, 0) is 37.6 Å². The summed E-state index contributed by atoms with van der Waals surface area (Å²) >= 11 is 0. The molecule has 1 saturated heterocycles. The summed E-state index contributed by atoms with van der Waals surface area (Å²) in [5, 5.41) is 6.58. The number of primary amides is 2. The van der Waals surface area contributed by atoms with E-state index in [1.165, 1.54) is 6.07 Å². The maximum atomic E-state index is 11.3. The van der Waals surface area contributed by atoms with Crippen LogP contribution in [0.1, 0.15) is 33.6 Å². The van der Waals surface area contributed by atoms with Gasteiger partial charge in [0.1, 0.15) is 0 Å². The molecule has 0 saturated carbocycles. The first-order chi connectivity index (χ1) is 9.06. The molecule has 1 aromatic rings. The Morgan fingerprint density at radius 2 is 1.79 bits per heavy atom. The monoisotopic (exact) mass is 262 g/mol.